The van der Waals surface area contributed by atoms with E-state index in [0.717, 1.165) is 17.7 Å². The van der Waals surface area contributed by atoms with E-state index in [9.17, 15) is 8.78 Å². The van der Waals surface area contributed by atoms with Crippen LogP contribution in [0.2, 0.25) is 0 Å². The van der Waals surface area contributed by atoms with Gasteiger partial charge < -0.3 is 9.26 Å². The Bertz CT molecular complexity index is 735. The first kappa shape index (κ1) is 16.7. The summed E-state index contributed by atoms with van der Waals surface area (Å²) < 4.78 is 41.1. The molecule has 25 heavy (non-hydrogen) atoms. The summed E-state index contributed by atoms with van der Waals surface area (Å²) in [6, 6.07) is 9.21. The largest absolute Gasteiger partial charge is 0.461 e. The fourth-order valence-corrected chi connectivity index (χ4v) is 4.05. The number of piperidine rings is 1. The van der Waals surface area contributed by atoms with E-state index in [2.05, 4.69) is 10.1 Å². The Morgan fingerprint density at radius 2 is 2.00 bits per heavy atom. The first-order valence-corrected chi connectivity index (χ1v) is 8.92. The maximum Gasteiger partial charge on any atom is 0.354 e. The van der Waals surface area contributed by atoms with Crippen LogP contribution in [0.5, 0.6) is 6.01 Å². The van der Waals surface area contributed by atoms with E-state index in [0.29, 0.717) is 31.8 Å². The second-order valence-electron chi connectivity index (χ2n) is 6.43. The number of alkyl halides is 2. The Kier molecular flexibility index (Phi) is 4.17. The molecule has 1 unspecified atom stereocenters. The van der Waals surface area contributed by atoms with Crippen molar-refractivity contribution in [3.8, 4) is 17.5 Å². The van der Waals surface area contributed by atoms with Crippen molar-refractivity contribution in [3.63, 3.8) is 0 Å². The SMILES string of the molecule is NSN1CCC2(CC1)C(COc1noc(-c3ccccc3)n1)C2(F)F. The lowest BCUT2D eigenvalue weighted by atomic mass is 9.91. The van der Waals surface area contributed by atoms with Gasteiger partial charge in [0.2, 0.25) is 0 Å². The molecule has 1 aliphatic heterocycles. The van der Waals surface area contributed by atoms with Gasteiger partial charge in [-0.2, -0.15) is 4.98 Å². The molecule has 9 heteroatoms. The second-order valence-corrected chi connectivity index (χ2v) is 7.15. The summed E-state index contributed by atoms with van der Waals surface area (Å²) in [6.07, 6.45) is 0.833. The van der Waals surface area contributed by atoms with Crippen LogP contribution in [0.15, 0.2) is 34.9 Å². The number of ether oxygens (including phenoxy) is 1. The van der Waals surface area contributed by atoms with Crippen LogP contribution >= 0.6 is 12.1 Å². The Morgan fingerprint density at radius 3 is 2.68 bits per heavy atom. The Balaban J connectivity index is 1.38. The molecule has 1 saturated heterocycles. The van der Waals surface area contributed by atoms with E-state index in [1.807, 2.05) is 34.6 Å². The van der Waals surface area contributed by atoms with Crippen LogP contribution in [0.4, 0.5) is 8.78 Å². The van der Waals surface area contributed by atoms with Crippen molar-refractivity contribution in [2.75, 3.05) is 19.7 Å². The van der Waals surface area contributed by atoms with Crippen LogP contribution < -0.4 is 9.88 Å². The molecule has 2 N–H and O–H groups in total. The zero-order valence-electron chi connectivity index (χ0n) is 13.4. The number of hydrogen-bond acceptors (Lipinski definition) is 7. The summed E-state index contributed by atoms with van der Waals surface area (Å²) in [6.45, 7) is 1.01. The zero-order chi connectivity index (χ0) is 17.5. The average molecular weight is 368 g/mol. The van der Waals surface area contributed by atoms with Crippen molar-refractivity contribution in [1.29, 1.82) is 0 Å². The van der Waals surface area contributed by atoms with Gasteiger partial charge in [-0.15, -0.1) is 0 Å². The molecule has 2 heterocycles. The van der Waals surface area contributed by atoms with E-state index in [1.54, 1.807) is 0 Å². The van der Waals surface area contributed by atoms with E-state index < -0.39 is 17.3 Å². The molecule has 0 bridgehead atoms. The summed E-state index contributed by atoms with van der Waals surface area (Å²) in [4.78, 5) is 4.11. The van der Waals surface area contributed by atoms with Crippen LogP contribution in [-0.2, 0) is 0 Å². The van der Waals surface area contributed by atoms with Gasteiger partial charge in [-0.25, -0.2) is 13.1 Å². The highest BCUT2D eigenvalue weighted by atomic mass is 32.2. The minimum atomic E-state index is -2.72. The standard InChI is InChI=1S/C16H18F2N4O2S/c17-16(18)12(15(16)6-8-22(25-19)9-7-15)10-23-14-20-13(24-21-14)11-4-2-1-3-5-11/h1-5,12H,6-10,19H2. The third-order valence-electron chi connectivity index (χ3n) is 5.26. The maximum absolute atomic E-state index is 14.3. The van der Waals surface area contributed by atoms with Crippen molar-refractivity contribution in [3.05, 3.63) is 30.3 Å². The van der Waals surface area contributed by atoms with E-state index in [-0.39, 0.29) is 12.6 Å². The summed E-state index contributed by atoms with van der Waals surface area (Å²) >= 11 is 1.11. The van der Waals surface area contributed by atoms with Gasteiger partial charge >= 0.3 is 6.01 Å². The van der Waals surface area contributed by atoms with Gasteiger partial charge in [-0.05, 0) is 30.1 Å². The molecule has 1 aliphatic carbocycles. The molecule has 2 fully saturated rings. The van der Waals surface area contributed by atoms with E-state index >= 15 is 0 Å². The molecule has 4 rings (SSSR count). The predicted octanol–water partition coefficient (Wildman–Crippen LogP) is 2.98. The summed E-state index contributed by atoms with van der Waals surface area (Å²) in [7, 11) is 0. The number of halogens is 2. The highest BCUT2D eigenvalue weighted by Gasteiger charge is 2.80. The molecule has 134 valence electrons. The normalized spacial score (nSPS) is 24.4. The van der Waals surface area contributed by atoms with Gasteiger partial charge in [0, 0.05) is 36.2 Å². The zero-order valence-corrected chi connectivity index (χ0v) is 14.2. The van der Waals surface area contributed by atoms with Gasteiger partial charge in [-0.1, -0.05) is 18.2 Å². The van der Waals surface area contributed by atoms with Gasteiger partial charge in [0.25, 0.3) is 11.8 Å². The summed E-state index contributed by atoms with van der Waals surface area (Å²) in [5.41, 5.74) is -0.227. The second kappa shape index (κ2) is 6.22. The molecular weight excluding hydrogens is 350 g/mol. The molecule has 2 aliphatic rings. The molecule has 2 aromatic rings. The highest BCUT2D eigenvalue weighted by Crippen LogP contribution is 2.70. The van der Waals surface area contributed by atoms with Crippen LogP contribution in [0, 0.1) is 11.3 Å². The van der Waals surface area contributed by atoms with E-state index in [1.165, 1.54) is 0 Å². The molecule has 0 radical (unpaired) electrons. The molecular formula is C16H18F2N4O2S. The van der Waals surface area contributed by atoms with E-state index in [4.69, 9.17) is 14.4 Å². The molecule has 6 nitrogen and oxygen atoms in total. The van der Waals surface area contributed by atoms with Crippen molar-refractivity contribution in [1.82, 2.24) is 14.4 Å². The lowest BCUT2D eigenvalue weighted by molar-refractivity contribution is 0.0376. The lowest BCUT2D eigenvalue weighted by Gasteiger charge is -2.30. The summed E-state index contributed by atoms with van der Waals surface area (Å²) in [5, 5.41) is 9.22. The molecule has 1 aromatic heterocycles. The smallest absolute Gasteiger partial charge is 0.354 e. The topological polar surface area (TPSA) is 77.4 Å². The summed E-state index contributed by atoms with van der Waals surface area (Å²) in [5.74, 6) is -3.23. The number of nitrogens with zero attached hydrogens (tertiary/aromatic N) is 3. The van der Waals surface area contributed by atoms with Gasteiger partial charge in [-0.3, -0.25) is 5.14 Å². The number of aromatic nitrogens is 2. The fourth-order valence-electron chi connectivity index (χ4n) is 3.65. The average Bonchev–Trinajstić information content (AvgIpc) is 2.97. The van der Waals surface area contributed by atoms with Crippen molar-refractivity contribution in [2.24, 2.45) is 16.5 Å². The minimum absolute atomic E-state index is 0.00773. The van der Waals surface area contributed by atoms with Crippen LogP contribution in [0.3, 0.4) is 0 Å². The van der Waals surface area contributed by atoms with Crippen LogP contribution in [0.25, 0.3) is 11.5 Å². The van der Waals surface area contributed by atoms with Crippen LogP contribution in [0.1, 0.15) is 12.8 Å². The van der Waals surface area contributed by atoms with Gasteiger partial charge in [0.15, 0.2) is 0 Å². The molecule has 1 saturated carbocycles. The Morgan fingerprint density at radius 1 is 1.28 bits per heavy atom. The van der Waals surface area contributed by atoms with Gasteiger partial charge in [0.05, 0.1) is 5.92 Å². The fraction of sp³-hybridized carbons (Fsp3) is 0.500. The molecule has 1 spiro atoms. The molecule has 0 amide bonds. The quantitative estimate of drug-likeness (QED) is 0.813. The Labute approximate surface area is 148 Å². The van der Waals surface area contributed by atoms with Crippen molar-refractivity contribution >= 4 is 12.1 Å². The first-order valence-electron chi connectivity index (χ1n) is 8.08. The highest BCUT2D eigenvalue weighted by molar-refractivity contribution is 7.94. The number of hydrogen-bond donors (Lipinski definition) is 1. The number of rotatable bonds is 5. The first-order chi connectivity index (χ1) is 12.1. The third kappa shape index (κ3) is 2.80. The predicted molar refractivity (Wildman–Crippen MR) is 88.7 cm³/mol. The van der Waals surface area contributed by atoms with Crippen molar-refractivity contribution in [2.45, 2.75) is 18.8 Å². The Hall–Kier alpha value is -1.71. The van der Waals surface area contributed by atoms with Crippen LogP contribution in [-0.4, -0.2) is 40.1 Å². The molecule has 1 aromatic carbocycles. The molecule has 1 atom stereocenters. The monoisotopic (exact) mass is 368 g/mol. The lowest BCUT2D eigenvalue weighted by Crippen LogP contribution is -2.33. The number of nitrogens with two attached hydrogens (primary N) is 1. The van der Waals surface area contributed by atoms with Gasteiger partial charge in [0.1, 0.15) is 6.61 Å². The maximum atomic E-state index is 14.3. The van der Waals surface area contributed by atoms with Crippen molar-refractivity contribution < 1.29 is 18.0 Å². The minimum Gasteiger partial charge on any atom is -0.461 e. The third-order valence-corrected chi connectivity index (χ3v) is 5.92. The number of benzene rings is 1.